The van der Waals surface area contributed by atoms with Crippen molar-refractivity contribution in [3.05, 3.63) is 33.5 Å². The predicted molar refractivity (Wildman–Crippen MR) is 81.1 cm³/mol. The Bertz CT molecular complexity index is 669. The van der Waals surface area contributed by atoms with Gasteiger partial charge in [-0.1, -0.05) is 15.9 Å². The third kappa shape index (κ3) is 3.56. The second-order valence-corrected chi connectivity index (χ2v) is 4.96. The second-order valence-electron chi connectivity index (χ2n) is 3.71. The van der Waals surface area contributed by atoms with Crippen molar-refractivity contribution in [3.8, 4) is 6.07 Å². The second kappa shape index (κ2) is 6.50. The fourth-order valence-corrected chi connectivity index (χ4v) is 2.00. The van der Waals surface area contributed by atoms with Crippen LogP contribution in [0.5, 0.6) is 0 Å². The van der Waals surface area contributed by atoms with Crippen LogP contribution in [0.25, 0.3) is 0 Å². The topological polar surface area (TPSA) is 86.5 Å². The maximum Gasteiger partial charge on any atom is 0.233 e. The van der Waals surface area contributed by atoms with Crippen molar-refractivity contribution >= 4 is 45.1 Å². The third-order valence-corrected chi connectivity index (χ3v) is 2.95. The molecule has 0 aliphatic rings. The molecule has 2 aromatic rings. The third-order valence-electron chi connectivity index (χ3n) is 2.29. The van der Waals surface area contributed by atoms with Crippen LogP contribution in [0.3, 0.4) is 0 Å². The molecule has 0 fully saturated rings. The molecule has 8 heteroatoms. The van der Waals surface area contributed by atoms with Gasteiger partial charge in [-0.3, -0.25) is 0 Å². The van der Waals surface area contributed by atoms with E-state index in [0.717, 1.165) is 4.47 Å². The van der Waals surface area contributed by atoms with Gasteiger partial charge in [-0.2, -0.15) is 20.2 Å². The van der Waals surface area contributed by atoms with E-state index in [4.69, 9.17) is 16.9 Å². The smallest absolute Gasteiger partial charge is 0.233 e. The zero-order valence-corrected chi connectivity index (χ0v) is 12.8. The van der Waals surface area contributed by atoms with Crippen molar-refractivity contribution in [1.29, 1.82) is 5.26 Å². The van der Waals surface area contributed by atoms with Crippen molar-refractivity contribution in [2.75, 3.05) is 17.2 Å². The van der Waals surface area contributed by atoms with Crippen LogP contribution in [0.4, 0.5) is 17.6 Å². The van der Waals surface area contributed by atoms with Gasteiger partial charge in [-0.05, 0) is 36.7 Å². The summed E-state index contributed by atoms with van der Waals surface area (Å²) in [7, 11) is 0. The van der Waals surface area contributed by atoms with Crippen LogP contribution >= 0.6 is 27.5 Å². The highest BCUT2D eigenvalue weighted by Gasteiger charge is 2.08. The van der Waals surface area contributed by atoms with Crippen LogP contribution in [0, 0.1) is 11.3 Å². The highest BCUT2D eigenvalue weighted by Crippen LogP contribution is 2.23. The molecule has 1 aromatic carbocycles. The molecule has 0 unspecified atom stereocenters. The number of benzene rings is 1. The van der Waals surface area contributed by atoms with Gasteiger partial charge >= 0.3 is 0 Å². The molecule has 0 amide bonds. The largest absolute Gasteiger partial charge is 0.354 e. The first-order valence-corrected chi connectivity index (χ1v) is 6.91. The Morgan fingerprint density at radius 1 is 1.30 bits per heavy atom. The average molecular weight is 354 g/mol. The summed E-state index contributed by atoms with van der Waals surface area (Å²) >= 11 is 9.15. The van der Waals surface area contributed by atoms with Gasteiger partial charge in [0.25, 0.3) is 0 Å². The summed E-state index contributed by atoms with van der Waals surface area (Å²) in [6.45, 7) is 2.59. The molecule has 1 aromatic heterocycles. The summed E-state index contributed by atoms with van der Waals surface area (Å²) in [5, 5.41) is 15.1. The first kappa shape index (κ1) is 14.5. The quantitative estimate of drug-likeness (QED) is 0.876. The number of nitrogens with one attached hydrogen (secondary N) is 2. The van der Waals surface area contributed by atoms with Gasteiger partial charge in [-0.25, -0.2) is 0 Å². The number of nitriles is 1. The molecule has 0 aliphatic heterocycles. The minimum atomic E-state index is 0.0778. The highest BCUT2D eigenvalue weighted by molar-refractivity contribution is 9.10. The van der Waals surface area contributed by atoms with Crippen LogP contribution in [-0.4, -0.2) is 21.5 Å². The summed E-state index contributed by atoms with van der Waals surface area (Å²) < 4.78 is 0.821. The minimum absolute atomic E-state index is 0.0778. The first-order chi connectivity index (χ1) is 9.62. The molecule has 20 heavy (non-hydrogen) atoms. The normalized spacial score (nSPS) is 9.90. The number of rotatable bonds is 4. The van der Waals surface area contributed by atoms with Gasteiger partial charge in [0.1, 0.15) is 6.07 Å². The van der Waals surface area contributed by atoms with Crippen LogP contribution in [0.2, 0.25) is 5.28 Å². The molecule has 2 N–H and O–H groups in total. The average Bonchev–Trinajstić information content (AvgIpc) is 2.40. The van der Waals surface area contributed by atoms with E-state index in [2.05, 4.69) is 47.6 Å². The van der Waals surface area contributed by atoms with E-state index >= 15 is 0 Å². The van der Waals surface area contributed by atoms with E-state index < -0.39 is 0 Å². The summed E-state index contributed by atoms with van der Waals surface area (Å²) in [5.41, 5.74) is 1.07. The molecular weight excluding hydrogens is 344 g/mol. The van der Waals surface area contributed by atoms with Crippen molar-refractivity contribution in [2.45, 2.75) is 6.92 Å². The van der Waals surface area contributed by atoms with Gasteiger partial charge in [0.05, 0.1) is 11.3 Å². The van der Waals surface area contributed by atoms with Crippen molar-refractivity contribution in [3.63, 3.8) is 0 Å². The monoisotopic (exact) mass is 352 g/mol. The Morgan fingerprint density at radius 3 is 2.75 bits per heavy atom. The van der Waals surface area contributed by atoms with Crippen molar-refractivity contribution in [2.24, 2.45) is 0 Å². The number of nitrogens with zero attached hydrogens (tertiary/aromatic N) is 4. The Kier molecular flexibility index (Phi) is 4.71. The lowest BCUT2D eigenvalue weighted by Crippen LogP contribution is -2.07. The van der Waals surface area contributed by atoms with E-state index in [1.165, 1.54) is 0 Å². The SMILES string of the molecule is CCNc1nc(Cl)nc(Nc2ccc(Br)cc2C#N)n1. The lowest BCUT2D eigenvalue weighted by atomic mass is 10.2. The Morgan fingerprint density at radius 2 is 2.05 bits per heavy atom. The molecule has 0 spiro atoms. The maximum atomic E-state index is 9.11. The molecule has 2 rings (SSSR count). The van der Waals surface area contributed by atoms with E-state index in [1.807, 2.05) is 13.0 Å². The molecule has 0 atom stereocenters. The number of halogens is 2. The van der Waals surface area contributed by atoms with Gasteiger partial charge in [0.2, 0.25) is 17.2 Å². The Balaban J connectivity index is 2.32. The Labute approximate surface area is 129 Å². The maximum absolute atomic E-state index is 9.11. The van der Waals surface area contributed by atoms with Gasteiger partial charge in [-0.15, -0.1) is 0 Å². The molecule has 6 nitrogen and oxygen atoms in total. The van der Waals surface area contributed by atoms with Crippen LogP contribution in [0.15, 0.2) is 22.7 Å². The summed E-state index contributed by atoms with van der Waals surface area (Å²) in [6, 6.07) is 7.38. The van der Waals surface area contributed by atoms with E-state index in [0.29, 0.717) is 23.7 Å². The molecule has 0 bridgehead atoms. The minimum Gasteiger partial charge on any atom is -0.354 e. The lowest BCUT2D eigenvalue weighted by Gasteiger charge is -2.08. The molecule has 0 radical (unpaired) electrons. The van der Waals surface area contributed by atoms with Crippen LogP contribution in [-0.2, 0) is 0 Å². The molecule has 1 heterocycles. The first-order valence-electron chi connectivity index (χ1n) is 5.74. The van der Waals surface area contributed by atoms with Crippen molar-refractivity contribution < 1.29 is 0 Å². The lowest BCUT2D eigenvalue weighted by molar-refractivity contribution is 1.02. The van der Waals surface area contributed by atoms with Gasteiger partial charge in [0.15, 0.2) is 0 Å². The zero-order valence-electron chi connectivity index (χ0n) is 10.5. The van der Waals surface area contributed by atoms with Gasteiger partial charge in [0, 0.05) is 11.0 Å². The number of aromatic nitrogens is 3. The molecule has 0 saturated carbocycles. The number of hydrogen-bond donors (Lipinski definition) is 2. The van der Waals surface area contributed by atoms with E-state index in [-0.39, 0.29) is 11.2 Å². The van der Waals surface area contributed by atoms with E-state index in [1.54, 1.807) is 12.1 Å². The summed E-state index contributed by atoms with van der Waals surface area (Å²) in [6.07, 6.45) is 0. The summed E-state index contributed by atoms with van der Waals surface area (Å²) in [5.74, 6) is 0.658. The molecular formula is C12H10BrClN6. The zero-order chi connectivity index (χ0) is 14.5. The Hall–Kier alpha value is -1.91. The molecule has 0 saturated heterocycles. The molecule has 102 valence electrons. The fraction of sp³-hybridized carbons (Fsp3) is 0.167. The highest BCUT2D eigenvalue weighted by atomic mass is 79.9. The van der Waals surface area contributed by atoms with E-state index in [9.17, 15) is 0 Å². The van der Waals surface area contributed by atoms with Crippen molar-refractivity contribution in [1.82, 2.24) is 15.0 Å². The van der Waals surface area contributed by atoms with Crippen LogP contribution < -0.4 is 10.6 Å². The standard InChI is InChI=1S/C12H10BrClN6/c1-2-16-11-18-10(14)19-12(20-11)17-9-4-3-8(13)5-7(9)6-15/h3-5H,2H2,1H3,(H2,16,17,18,19,20). The fourth-order valence-electron chi connectivity index (χ4n) is 1.48. The molecule has 0 aliphatic carbocycles. The van der Waals surface area contributed by atoms with Crippen LogP contribution in [0.1, 0.15) is 12.5 Å². The summed E-state index contributed by atoms with van der Waals surface area (Å²) in [4.78, 5) is 12.1. The van der Waals surface area contributed by atoms with Gasteiger partial charge < -0.3 is 10.6 Å². The predicted octanol–water partition coefficient (Wildman–Crippen LogP) is 3.33. The number of anilines is 3. The number of hydrogen-bond acceptors (Lipinski definition) is 6.